The van der Waals surface area contributed by atoms with Gasteiger partial charge in [-0.1, -0.05) is 29.3 Å². The molecule has 3 rings (SSSR count). The molecule has 1 aromatic rings. The van der Waals surface area contributed by atoms with E-state index < -0.39 is 0 Å². The summed E-state index contributed by atoms with van der Waals surface area (Å²) in [6.45, 7) is 3.03. The van der Waals surface area contributed by atoms with Gasteiger partial charge in [0, 0.05) is 35.3 Å². The molecule has 0 aromatic heterocycles. The van der Waals surface area contributed by atoms with Crippen molar-refractivity contribution < 1.29 is 9.47 Å². The van der Waals surface area contributed by atoms with Crippen molar-refractivity contribution in [2.45, 2.75) is 56.8 Å². The predicted octanol–water partition coefficient (Wildman–Crippen LogP) is 4.21. The molecule has 116 valence electrons. The van der Waals surface area contributed by atoms with Gasteiger partial charge in [0.1, 0.15) is 11.4 Å². The maximum absolute atomic E-state index is 6.48. The van der Waals surface area contributed by atoms with Gasteiger partial charge in [0.2, 0.25) is 0 Å². The first-order valence-corrected chi connectivity index (χ1v) is 8.72. The zero-order chi connectivity index (χ0) is 14.9. The van der Waals surface area contributed by atoms with Gasteiger partial charge in [0.25, 0.3) is 0 Å². The van der Waals surface area contributed by atoms with E-state index in [4.69, 9.17) is 9.47 Å². The number of fused-ring (bicyclic) bond motifs is 1. The minimum Gasteiger partial charge on any atom is -0.487 e. The summed E-state index contributed by atoms with van der Waals surface area (Å²) in [7, 11) is 2.04. The zero-order valence-corrected chi connectivity index (χ0v) is 14.4. The molecule has 1 N–H and O–H groups in total. The van der Waals surface area contributed by atoms with Crippen LogP contribution in [0.15, 0.2) is 22.7 Å². The first-order chi connectivity index (χ1) is 10.2. The van der Waals surface area contributed by atoms with Crippen LogP contribution in [0.1, 0.15) is 50.6 Å². The van der Waals surface area contributed by atoms with Gasteiger partial charge in [-0.15, -0.1) is 0 Å². The normalized spacial score (nSPS) is 31.8. The van der Waals surface area contributed by atoms with E-state index in [-0.39, 0.29) is 5.60 Å². The Morgan fingerprint density at radius 1 is 1.38 bits per heavy atom. The third kappa shape index (κ3) is 3.13. The molecule has 1 aromatic carbocycles. The number of nitrogens with one attached hydrogen (secondary N) is 1. The van der Waals surface area contributed by atoms with Crippen LogP contribution in [-0.2, 0) is 4.74 Å². The molecule has 2 heterocycles. The monoisotopic (exact) mass is 353 g/mol. The van der Waals surface area contributed by atoms with Gasteiger partial charge in [-0.3, -0.25) is 0 Å². The van der Waals surface area contributed by atoms with Crippen molar-refractivity contribution in [3.05, 3.63) is 28.2 Å². The van der Waals surface area contributed by atoms with Gasteiger partial charge < -0.3 is 14.8 Å². The fraction of sp³-hybridized carbons (Fsp3) is 0.647. The molecule has 0 bridgehead atoms. The fourth-order valence-corrected chi connectivity index (χ4v) is 4.05. The zero-order valence-electron chi connectivity index (χ0n) is 12.8. The lowest BCUT2D eigenvalue weighted by molar-refractivity contribution is -0.105. The van der Waals surface area contributed by atoms with Crippen LogP contribution in [0.25, 0.3) is 0 Å². The summed E-state index contributed by atoms with van der Waals surface area (Å²) in [5.41, 5.74) is 1.20. The van der Waals surface area contributed by atoms with Crippen LogP contribution in [-0.4, -0.2) is 25.4 Å². The Morgan fingerprint density at radius 2 is 2.24 bits per heavy atom. The van der Waals surface area contributed by atoms with E-state index in [0.29, 0.717) is 12.1 Å². The van der Waals surface area contributed by atoms with E-state index in [1.54, 1.807) is 0 Å². The minimum atomic E-state index is -0.0629. The summed E-state index contributed by atoms with van der Waals surface area (Å²) in [6.07, 6.45) is 5.66. The number of benzene rings is 1. The maximum Gasteiger partial charge on any atom is 0.125 e. The molecule has 3 atom stereocenters. The molecule has 1 spiro atoms. The lowest BCUT2D eigenvalue weighted by atomic mass is 9.79. The molecule has 2 aliphatic heterocycles. The predicted molar refractivity (Wildman–Crippen MR) is 87.8 cm³/mol. The summed E-state index contributed by atoms with van der Waals surface area (Å²) < 4.78 is 13.5. The number of hydrogen-bond acceptors (Lipinski definition) is 3. The van der Waals surface area contributed by atoms with Crippen LogP contribution in [0.3, 0.4) is 0 Å². The van der Waals surface area contributed by atoms with Crippen LogP contribution in [0.4, 0.5) is 0 Å². The second-order valence-electron chi connectivity index (χ2n) is 6.25. The van der Waals surface area contributed by atoms with Gasteiger partial charge in [-0.2, -0.15) is 0 Å². The quantitative estimate of drug-likeness (QED) is 0.882. The number of halogens is 1. The Hall–Kier alpha value is -0.580. The Bertz CT molecular complexity index is 506. The summed E-state index contributed by atoms with van der Waals surface area (Å²) in [5, 5.41) is 3.46. The highest BCUT2D eigenvalue weighted by Crippen LogP contribution is 2.46. The van der Waals surface area contributed by atoms with Crippen LogP contribution >= 0.6 is 15.9 Å². The Labute approximate surface area is 135 Å². The first kappa shape index (κ1) is 15.3. The van der Waals surface area contributed by atoms with Crippen LogP contribution in [0, 0.1) is 0 Å². The van der Waals surface area contributed by atoms with Crippen molar-refractivity contribution in [3.63, 3.8) is 0 Å². The molecule has 0 aliphatic carbocycles. The number of hydrogen-bond donors (Lipinski definition) is 1. The van der Waals surface area contributed by atoms with E-state index in [0.717, 1.165) is 42.5 Å². The Balaban J connectivity index is 1.87. The summed E-state index contributed by atoms with van der Waals surface area (Å²) >= 11 is 3.56. The molecule has 21 heavy (non-hydrogen) atoms. The molecule has 1 saturated heterocycles. The number of ether oxygens (including phenoxy) is 2. The first-order valence-electron chi connectivity index (χ1n) is 7.93. The average molecular weight is 354 g/mol. The molecule has 4 heteroatoms. The standard InChI is InChI=1S/C17H24BrNO2/c1-3-4-13-10-17(7-8-20-13)11-15(19-2)14-9-12(18)5-6-16(14)21-17/h5-6,9,13,15,19H,3-4,7-8,10-11H2,1-2H3. The smallest absolute Gasteiger partial charge is 0.125 e. The highest BCUT2D eigenvalue weighted by Gasteiger charge is 2.44. The highest BCUT2D eigenvalue weighted by atomic mass is 79.9. The van der Waals surface area contributed by atoms with Crippen LogP contribution < -0.4 is 10.1 Å². The van der Waals surface area contributed by atoms with E-state index in [2.05, 4.69) is 46.4 Å². The fourth-order valence-electron chi connectivity index (χ4n) is 3.67. The molecular weight excluding hydrogens is 330 g/mol. The average Bonchev–Trinajstić information content (AvgIpc) is 2.47. The van der Waals surface area contributed by atoms with E-state index in [9.17, 15) is 0 Å². The van der Waals surface area contributed by atoms with E-state index in [1.165, 1.54) is 12.0 Å². The third-order valence-electron chi connectivity index (χ3n) is 4.72. The molecular formula is C17H24BrNO2. The lowest BCUT2D eigenvalue weighted by Gasteiger charge is -2.46. The van der Waals surface area contributed by atoms with Gasteiger partial charge in [0.05, 0.1) is 12.7 Å². The van der Waals surface area contributed by atoms with Crippen molar-refractivity contribution >= 4 is 15.9 Å². The summed E-state index contributed by atoms with van der Waals surface area (Å²) in [6, 6.07) is 6.68. The van der Waals surface area contributed by atoms with E-state index in [1.807, 2.05) is 7.05 Å². The maximum atomic E-state index is 6.48. The second-order valence-corrected chi connectivity index (χ2v) is 7.16. The molecule has 0 amide bonds. The van der Waals surface area contributed by atoms with Crippen molar-refractivity contribution in [2.75, 3.05) is 13.7 Å². The van der Waals surface area contributed by atoms with Crippen molar-refractivity contribution in [1.29, 1.82) is 0 Å². The van der Waals surface area contributed by atoms with Gasteiger partial charge in [-0.25, -0.2) is 0 Å². The minimum absolute atomic E-state index is 0.0629. The van der Waals surface area contributed by atoms with Crippen molar-refractivity contribution in [3.8, 4) is 5.75 Å². The molecule has 0 saturated carbocycles. The highest BCUT2D eigenvalue weighted by molar-refractivity contribution is 9.10. The molecule has 3 nitrogen and oxygen atoms in total. The Morgan fingerprint density at radius 3 is 3.00 bits per heavy atom. The largest absolute Gasteiger partial charge is 0.487 e. The lowest BCUT2D eigenvalue weighted by Crippen LogP contribution is -2.50. The number of rotatable bonds is 3. The Kier molecular flexibility index (Phi) is 4.57. The van der Waals surface area contributed by atoms with Gasteiger partial charge in [-0.05, 0) is 31.7 Å². The molecule has 2 aliphatic rings. The van der Waals surface area contributed by atoms with Gasteiger partial charge >= 0.3 is 0 Å². The summed E-state index contributed by atoms with van der Waals surface area (Å²) in [4.78, 5) is 0. The third-order valence-corrected chi connectivity index (χ3v) is 5.21. The van der Waals surface area contributed by atoms with Crippen LogP contribution in [0.5, 0.6) is 5.75 Å². The molecule has 0 radical (unpaired) electrons. The van der Waals surface area contributed by atoms with Gasteiger partial charge in [0.15, 0.2) is 0 Å². The summed E-state index contributed by atoms with van der Waals surface area (Å²) in [5.74, 6) is 1.03. The van der Waals surface area contributed by atoms with Crippen LogP contribution in [0.2, 0.25) is 0 Å². The second kappa shape index (κ2) is 6.27. The van der Waals surface area contributed by atoms with Crippen molar-refractivity contribution in [2.24, 2.45) is 0 Å². The SMILES string of the molecule is CCCC1CC2(CCO1)CC(NC)c1cc(Br)ccc1O2. The molecule has 1 fully saturated rings. The topological polar surface area (TPSA) is 30.5 Å². The van der Waals surface area contributed by atoms with E-state index >= 15 is 0 Å². The van der Waals surface area contributed by atoms with Crippen molar-refractivity contribution in [1.82, 2.24) is 5.32 Å². The molecule has 3 unspecified atom stereocenters.